The van der Waals surface area contributed by atoms with Gasteiger partial charge in [-0.2, -0.15) is 0 Å². The predicted molar refractivity (Wildman–Crippen MR) is 133 cm³/mol. The van der Waals surface area contributed by atoms with Gasteiger partial charge in [0.2, 0.25) is 5.91 Å². The number of hydrogen-bond acceptors (Lipinski definition) is 6. The van der Waals surface area contributed by atoms with Gasteiger partial charge in [-0.1, -0.05) is 42.5 Å². The van der Waals surface area contributed by atoms with Crippen LogP contribution in [-0.4, -0.2) is 61.2 Å². The first kappa shape index (κ1) is 23.7. The van der Waals surface area contributed by atoms with Crippen molar-refractivity contribution in [3.8, 4) is 0 Å². The number of fused-ring (bicyclic) bond motifs is 1. The molecular weight excluding hydrogens is 444 g/mol. The van der Waals surface area contributed by atoms with Crippen LogP contribution in [0, 0.1) is 5.92 Å². The fourth-order valence-corrected chi connectivity index (χ4v) is 4.95. The van der Waals surface area contributed by atoms with Gasteiger partial charge in [0.15, 0.2) is 5.43 Å². The van der Waals surface area contributed by atoms with E-state index in [2.05, 4.69) is 0 Å². The molecule has 0 saturated carbocycles. The van der Waals surface area contributed by atoms with Gasteiger partial charge < -0.3 is 18.8 Å². The second-order valence-electron chi connectivity index (χ2n) is 9.53. The molecule has 2 saturated heterocycles. The predicted octanol–water partition coefficient (Wildman–Crippen LogP) is 3.45. The van der Waals surface area contributed by atoms with E-state index in [1.54, 1.807) is 12.1 Å². The molecule has 2 aliphatic rings. The third kappa shape index (κ3) is 5.99. The van der Waals surface area contributed by atoms with E-state index >= 15 is 0 Å². The second-order valence-corrected chi connectivity index (χ2v) is 9.53. The summed E-state index contributed by atoms with van der Waals surface area (Å²) in [5.74, 6) is 0.522. The molecule has 2 aliphatic heterocycles. The molecule has 3 aromatic rings. The van der Waals surface area contributed by atoms with Gasteiger partial charge in [0.1, 0.15) is 5.58 Å². The number of carbonyl (C=O) groups excluding carboxylic acids is 1. The van der Waals surface area contributed by atoms with Crippen LogP contribution in [0.4, 0.5) is 0 Å². The first-order chi connectivity index (χ1) is 17.2. The monoisotopic (exact) mass is 476 g/mol. The summed E-state index contributed by atoms with van der Waals surface area (Å²) in [6.07, 6.45) is 3.32. The van der Waals surface area contributed by atoms with Crippen molar-refractivity contribution < 1.29 is 18.7 Å². The molecule has 184 valence electrons. The molecule has 7 nitrogen and oxygen atoms in total. The lowest BCUT2D eigenvalue weighted by molar-refractivity contribution is -0.133. The number of benzene rings is 2. The molecule has 1 unspecified atom stereocenters. The Morgan fingerprint density at radius 1 is 0.943 bits per heavy atom. The zero-order valence-electron chi connectivity index (χ0n) is 19.9. The molecule has 5 rings (SSSR count). The summed E-state index contributed by atoms with van der Waals surface area (Å²) in [5.41, 5.74) is 2.17. The maximum atomic E-state index is 13.3. The largest absolute Gasteiger partial charge is 0.464 e. The van der Waals surface area contributed by atoms with Crippen LogP contribution < -0.4 is 5.43 Å². The van der Waals surface area contributed by atoms with E-state index in [0.29, 0.717) is 48.7 Å². The van der Waals surface area contributed by atoms with Crippen molar-refractivity contribution in [2.24, 2.45) is 5.92 Å². The van der Waals surface area contributed by atoms with E-state index in [9.17, 15) is 9.59 Å². The molecule has 7 heteroatoms. The summed E-state index contributed by atoms with van der Waals surface area (Å²) in [5, 5.41) is 0.559. The minimum absolute atomic E-state index is 0.0515. The summed E-state index contributed by atoms with van der Waals surface area (Å²) in [4.78, 5) is 30.3. The Hall–Kier alpha value is -3.00. The van der Waals surface area contributed by atoms with E-state index in [0.717, 1.165) is 38.2 Å². The van der Waals surface area contributed by atoms with Gasteiger partial charge in [0.05, 0.1) is 30.9 Å². The minimum Gasteiger partial charge on any atom is -0.464 e. The van der Waals surface area contributed by atoms with Crippen LogP contribution in [0.2, 0.25) is 0 Å². The van der Waals surface area contributed by atoms with Crippen LogP contribution in [0.25, 0.3) is 11.0 Å². The lowest BCUT2D eigenvalue weighted by Crippen LogP contribution is -2.42. The van der Waals surface area contributed by atoms with Crippen LogP contribution in [0.5, 0.6) is 0 Å². The highest BCUT2D eigenvalue weighted by molar-refractivity contribution is 5.79. The molecule has 3 heterocycles. The zero-order chi connectivity index (χ0) is 24.0. The summed E-state index contributed by atoms with van der Waals surface area (Å²) in [7, 11) is 0. The van der Waals surface area contributed by atoms with Crippen molar-refractivity contribution in [2.75, 3.05) is 39.4 Å². The Kier molecular flexibility index (Phi) is 7.57. The molecule has 0 radical (unpaired) electrons. The summed E-state index contributed by atoms with van der Waals surface area (Å²) in [6, 6.07) is 17.3. The Labute approximate surface area is 205 Å². The van der Waals surface area contributed by atoms with E-state index in [1.807, 2.05) is 52.3 Å². The molecule has 0 N–H and O–H groups in total. The number of carbonyl (C=O) groups is 1. The number of amides is 1. The first-order valence-electron chi connectivity index (χ1n) is 12.4. The van der Waals surface area contributed by atoms with Gasteiger partial charge in [0.25, 0.3) is 0 Å². The van der Waals surface area contributed by atoms with Crippen LogP contribution >= 0.6 is 0 Å². The zero-order valence-corrected chi connectivity index (χ0v) is 19.9. The average molecular weight is 477 g/mol. The molecule has 2 fully saturated rings. The highest BCUT2D eigenvalue weighted by atomic mass is 16.5. The maximum Gasteiger partial charge on any atom is 0.236 e. The quantitative estimate of drug-likeness (QED) is 0.520. The lowest BCUT2D eigenvalue weighted by Gasteiger charge is -2.30. The maximum absolute atomic E-state index is 13.3. The summed E-state index contributed by atoms with van der Waals surface area (Å²) < 4.78 is 17.5. The molecule has 35 heavy (non-hydrogen) atoms. The van der Waals surface area contributed by atoms with E-state index in [-0.39, 0.29) is 24.0 Å². The SMILES string of the molecule is O=C1CN(Cc2coc3ccccc3c2=O)CC(OCc2ccccc2)CN1CC1CCOCC1. The van der Waals surface area contributed by atoms with Gasteiger partial charge in [0, 0.05) is 45.0 Å². The molecule has 1 atom stereocenters. The van der Waals surface area contributed by atoms with Crippen LogP contribution in [0.15, 0.2) is 70.1 Å². The standard InChI is InChI=1S/C28H32N2O5/c31-27-18-29(15-23-20-35-26-9-5-4-8-25(26)28(23)32)16-24(34-19-22-6-2-1-3-7-22)17-30(27)14-21-10-12-33-13-11-21/h1-9,20-21,24H,10-19H2. The van der Waals surface area contributed by atoms with Crippen molar-refractivity contribution >= 4 is 16.9 Å². The molecule has 0 aliphatic carbocycles. The van der Waals surface area contributed by atoms with Crippen molar-refractivity contribution in [1.29, 1.82) is 0 Å². The smallest absolute Gasteiger partial charge is 0.236 e. The van der Waals surface area contributed by atoms with Gasteiger partial charge in [-0.05, 0) is 36.5 Å². The van der Waals surface area contributed by atoms with E-state index in [4.69, 9.17) is 13.9 Å². The fourth-order valence-electron chi connectivity index (χ4n) is 4.95. The van der Waals surface area contributed by atoms with Gasteiger partial charge in [-0.25, -0.2) is 0 Å². The van der Waals surface area contributed by atoms with E-state index in [1.165, 1.54) is 6.26 Å². The molecule has 1 aromatic heterocycles. The number of nitrogens with zero attached hydrogens (tertiary/aromatic N) is 2. The minimum atomic E-state index is -0.158. The molecule has 0 spiro atoms. The Morgan fingerprint density at radius 3 is 2.54 bits per heavy atom. The fraction of sp³-hybridized carbons (Fsp3) is 0.429. The van der Waals surface area contributed by atoms with E-state index < -0.39 is 0 Å². The molecule has 0 bridgehead atoms. The number of rotatable bonds is 7. The highest BCUT2D eigenvalue weighted by Gasteiger charge is 2.31. The second kappa shape index (κ2) is 11.2. The first-order valence-corrected chi connectivity index (χ1v) is 12.4. The van der Waals surface area contributed by atoms with Crippen molar-refractivity contribution in [3.63, 3.8) is 0 Å². The average Bonchev–Trinajstić information content (AvgIpc) is 3.04. The normalized spacial score (nSPS) is 20.3. The molecule has 1 amide bonds. The number of para-hydroxylation sites is 1. The van der Waals surface area contributed by atoms with Crippen LogP contribution in [0.3, 0.4) is 0 Å². The lowest BCUT2D eigenvalue weighted by atomic mass is 9.99. The Balaban J connectivity index is 1.33. The van der Waals surface area contributed by atoms with Crippen molar-refractivity contribution in [1.82, 2.24) is 9.80 Å². The highest BCUT2D eigenvalue weighted by Crippen LogP contribution is 2.20. The molecule has 2 aromatic carbocycles. The third-order valence-electron chi connectivity index (χ3n) is 6.89. The van der Waals surface area contributed by atoms with Crippen molar-refractivity contribution in [2.45, 2.75) is 32.1 Å². The number of hydrogen-bond donors (Lipinski definition) is 0. The van der Waals surface area contributed by atoms with Gasteiger partial charge >= 0.3 is 0 Å². The summed E-state index contributed by atoms with van der Waals surface area (Å²) in [6.45, 7) is 4.42. The Morgan fingerprint density at radius 2 is 1.71 bits per heavy atom. The Bertz CT molecular complexity index is 1190. The number of ether oxygens (including phenoxy) is 2. The van der Waals surface area contributed by atoms with Gasteiger partial charge in [-0.15, -0.1) is 0 Å². The topological polar surface area (TPSA) is 72.2 Å². The van der Waals surface area contributed by atoms with Gasteiger partial charge in [-0.3, -0.25) is 14.5 Å². The molecular formula is C28H32N2O5. The van der Waals surface area contributed by atoms with Crippen LogP contribution in [0.1, 0.15) is 24.0 Å². The van der Waals surface area contributed by atoms with Crippen LogP contribution in [-0.2, 0) is 27.4 Å². The third-order valence-corrected chi connectivity index (χ3v) is 6.89. The summed E-state index contributed by atoms with van der Waals surface area (Å²) >= 11 is 0. The van der Waals surface area contributed by atoms with Crippen molar-refractivity contribution in [3.05, 3.63) is 82.2 Å².